The van der Waals surface area contributed by atoms with Crippen molar-refractivity contribution in [1.82, 2.24) is 10.1 Å². The lowest BCUT2D eigenvalue weighted by Gasteiger charge is -2.02. The molecule has 1 aromatic rings. The molecule has 0 unspecified atom stereocenters. The maximum Gasteiger partial charge on any atom is 0.321 e. The molecule has 92 valence electrons. The third kappa shape index (κ3) is 5.01. The maximum absolute atomic E-state index is 11.7. The highest BCUT2D eigenvalue weighted by molar-refractivity contribution is 5.19. The molecule has 0 aromatic carbocycles. The lowest BCUT2D eigenvalue weighted by atomic mass is 10.4. The molecule has 0 amide bonds. The zero-order chi connectivity index (χ0) is 12.0. The average Bonchev–Trinajstić information content (AvgIpc) is 2.59. The maximum atomic E-state index is 11.7. The van der Waals surface area contributed by atoms with Gasteiger partial charge in [-0.1, -0.05) is 5.16 Å². The molecule has 5 nitrogen and oxygen atoms in total. The largest absolute Gasteiger partial charge is 0.375 e. The van der Waals surface area contributed by atoms with Gasteiger partial charge in [0.1, 0.15) is 6.61 Å². The van der Waals surface area contributed by atoms with E-state index in [1.54, 1.807) is 0 Å². The van der Waals surface area contributed by atoms with Crippen molar-refractivity contribution in [2.24, 2.45) is 0 Å². The first-order valence-corrected chi connectivity index (χ1v) is 5.03. The summed E-state index contributed by atoms with van der Waals surface area (Å²) in [5.74, 6) is 0.442. The molecule has 0 saturated carbocycles. The molecule has 0 saturated heterocycles. The van der Waals surface area contributed by atoms with Gasteiger partial charge in [0.25, 0.3) is 6.43 Å². The summed E-state index contributed by atoms with van der Waals surface area (Å²) in [4.78, 5) is 4.01. The van der Waals surface area contributed by atoms with Gasteiger partial charge in [-0.25, -0.2) is 8.78 Å². The molecule has 7 heteroatoms. The first-order valence-electron chi connectivity index (χ1n) is 5.03. The molecule has 0 fully saturated rings. The predicted molar refractivity (Wildman–Crippen MR) is 53.6 cm³/mol. The molecule has 0 atom stereocenters. The van der Waals surface area contributed by atoms with Gasteiger partial charge >= 0.3 is 6.01 Å². The van der Waals surface area contributed by atoms with Gasteiger partial charge < -0.3 is 14.6 Å². The first-order chi connectivity index (χ1) is 7.58. The molecule has 0 radical (unpaired) electrons. The van der Waals surface area contributed by atoms with Crippen LogP contribution in [0.2, 0.25) is 0 Å². The van der Waals surface area contributed by atoms with Crippen molar-refractivity contribution in [3.63, 3.8) is 0 Å². The van der Waals surface area contributed by atoms with Crippen molar-refractivity contribution in [1.29, 1.82) is 0 Å². The smallest absolute Gasteiger partial charge is 0.321 e. The highest BCUT2D eigenvalue weighted by atomic mass is 19.3. The minimum Gasteiger partial charge on any atom is -0.375 e. The van der Waals surface area contributed by atoms with E-state index < -0.39 is 13.0 Å². The van der Waals surface area contributed by atoms with Crippen LogP contribution in [0.4, 0.5) is 14.8 Å². The third-order valence-electron chi connectivity index (χ3n) is 1.59. The molecular weight excluding hydrogens is 220 g/mol. The Morgan fingerprint density at radius 2 is 2.19 bits per heavy atom. The van der Waals surface area contributed by atoms with E-state index in [4.69, 9.17) is 9.26 Å². The van der Waals surface area contributed by atoms with Crippen LogP contribution in [-0.2, 0) is 11.2 Å². The van der Waals surface area contributed by atoms with E-state index >= 15 is 0 Å². The number of anilines is 1. The van der Waals surface area contributed by atoms with Gasteiger partial charge in [0.2, 0.25) is 0 Å². The second kappa shape index (κ2) is 6.37. The second-order valence-electron chi connectivity index (χ2n) is 3.53. The van der Waals surface area contributed by atoms with Crippen molar-refractivity contribution >= 4 is 6.01 Å². The highest BCUT2D eigenvalue weighted by Crippen LogP contribution is 2.05. The van der Waals surface area contributed by atoms with Crippen LogP contribution in [0.5, 0.6) is 0 Å². The van der Waals surface area contributed by atoms with Crippen LogP contribution < -0.4 is 5.32 Å². The van der Waals surface area contributed by atoms with E-state index in [1.165, 1.54) is 0 Å². The second-order valence-corrected chi connectivity index (χ2v) is 3.53. The van der Waals surface area contributed by atoms with Crippen LogP contribution in [-0.4, -0.2) is 35.8 Å². The number of hydrogen-bond donors (Lipinski definition) is 1. The van der Waals surface area contributed by atoms with E-state index in [0.29, 0.717) is 18.3 Å². The Morgan fingerprint density at radius 3 is 2.81 bits per heavy atom. The van der Waals surface area contributed by atoms with Gasteiger partial charge in [0, 0.05) is 12.5 Å². The van der Waals surface area contributed by atoms with Crippen molar-refractivity contribution in [2.75, 3.05) is 18.5 Å². The number of halogens is 2. The van der Waals surface area contributed by atoms with Crippen LogP contribution in [0.1, 0.15) is 19.7 Å². The Bertz CT molecular complexity index is 305. The molecular formula is C9H15F2N3O2. The first kappa shape index (κ1) is 12.8. The van der Waals surface area contributed by atoms with Crippen LogP contribution in [0.15, 0.2) is 4.52 Å². The topological polar surface area (TPSA) is 60.2 Å². The van der Waals surface area contributed by atoms with Crippen molar-refractivity contribution in [2.45, 2.75) is 32.7 Å². The van der Waals surface area contributed by atoms with Crippen molar-refractivity contribution < 1.29 is 18.0 Å². The summed E-state index contributed by atoms with van der Waals surface area (Å²) in [6.07, 6.45) is -2.08. The van der Waals surface area contributed by atoms with E-state index in [9.17, 15) is 8.78 Å². The lowest BCUT2D eigenvalue weighted by Crippen LogP contribution is -2.10. The van der Waals surface area contributed by atoms with E-state index in [1.807, 2.05) is 13.8 Å². The van der Waals surface area contributed by atoms with Crippen molar-refractivity contribution in [3.05, 3.63) is 5.82 Å². The Hall–Kier alpha value is -1.24. The molecule has 0 aliphatic rings. The summed E-state index contributed by atoms with van der Waals surface area (Å²) in [6, 6.07) is 0.530. The van der Waals surface area contributed by atoms with Gasteiger partial charge in [0.05, 0.1) is 6.61 Å². The molecule has 0 spiro atoms. The standard InChI is InChI=1S/C9H15F2N3O2/c1-6(2)12-9-13-8(14-16-9)3-4-15-5-7(10)11/h6-7H,3-5H2,1-2H3,(H,12,13,14). The average molecular weight is 235 g/mol. The number of aromatic nitrogens is 2. The monoisotopic (exact) mass is 235 g/mol. The number of nitrogens with one attached hydrogen (secondary N) is 1. The predicted octanol–water partition coefficient (Wildman–Crippen LogP) is 1.71. The molecule has 1 aromatic heterocycles. The van der Waals surface area contributed by atoms with Crippen LogP contribution in [0.3, 0.4) is 0 Å². The number of rotatable bonds is 7. The molecule has 0 aliphatic carbocycles. The quantitative estimate of drug-likeness (QED) is 0.729. The number of nitrogens with zero attached hydrogens (tertiary/aromatic N) is 2. The number of alkyl halides is 2. The summed E-state index contributed by atoms with van der Waals surface area (Å²) in [6.45, 7) is 3.48. The fraction of sp³-hybridized carbons (Fsp3) is 0.778. The molecule has 0 bridgehead atoms. The zero-order valence-corrected chi connectivity index (χ0v) is 9.24. The van der Waals surface area contributed by atoms with Crippen LogP contribution in [0, 0.1) is 0 Å². The lowest BCUT2D eigenvalue weighted by molar-refractivity contribution is 0.0182. The third-order valence-corrected chi connectivity index (χ3v) is 1.59. The zero-order valence-electron chi connectivity index (χ0n) is 9.24. The SMILES string of the molecule is CC(C)Nc1nc(CCOCC(F)F)no1. The Kier molecular flexibility index (Phi) is 5.10. The van der Waals surface area contributed by atoms with Crippen LogP contribution >= 0.6 is 0 Å². The van der Waals surface area contributed by atoms with Gasteiger partial charge in [-0.15, -0.1) is 0 Å². The minimum atomic E-state index is -2.44. The normalized spacial score (nSPS) is 11.4. The highest BCUT2D eigenvalue weighted by Gasteiger charge is 2.07. The molecule has 1 rings (SSSR count). The van der Waals surface area contributed by atoms with Crippen molar-refractivity contribution in [3.8, 4) is 0 Å². The molecule has 0 aliphatic heterocycles. The fourth-order valence-electron chi connectivity index (χ4n) is 0.997. The van der Waals surface area contributed by atoms with E-state index in [2.05, 4.69) is 15.5 Å². The fourth-order valence-corrected chi connectivity index (χ4v) is 0.997. The summed E-state index contributed by atoms with van der Waals surface area (Å²) < 4.78 is 33.0. The van der Waals surface area contributed by atoms with Crippen LogP contribution in [0.25, 0.3) is 0 Å². The van der Waals surface area contributed by atoms with E-state index in [-0.39, 0.29) is 12.6 Å². The Labute approximate surface area is 92.2 Å². The summed E-state index contributed by atoms with van der Waals surface area (Å²) in [7, 11) is 0. The Morgan fingerprint density at radius 1 is 1.44 bits per heavy atom. The number of hydrogen-bond acceptors (Lipinski definition) is 5. The molecule has 16 heavy (non-hydrogen) atoms. The number of ether oxygens (including phenoxy) is 1. The summed E-state index contributed by atoms with van der Waals surface area (Å²) in [5.41, 5.74) is 0. The van der Waals surface area contributed by atoms with Gasteiger partial charge in [-0.05, 0) is 13.8 Å². The summed E-state index contributed by atoms with van der Waals surface area (Å²) in [5, 5.41) is 6.60. The molecule has 1 heterocycles. The van der Waals surface area contributed by atoms with Gasteiger partial charge in [-0.3, -0.25) is 0 Å². The van der Waals surface area contributed by atoms with Gasteiger partial charge in [0.15, 0.2) is 5.82 Å². The van der Waals surface area contributed by atoms with Gasteiger partial charge in [-0.2, -0.15) is 4.98 Å². The Balaban J connectivity index is 2.24. The summed E-state index contributed by atoms with van der Waals surface area (Å²) >= 11 is 0. The minimum absolute atomic E-state index is 0.158. The molecule has 1 N–H and O–H groups in total. The van der Waals surface area contributed by atoms with E-state index in [0.717, 1.165) is 0 Å².